The molecule has 0 atom stereocenters. The lowest BCUT2D eigenvalue weighted by atomic mass is 10.2. The number of hydrogen-bond donors (Lipinski definition) is 0. The zero-order valence-corrected chi connectivity index (χ0v) is 11.1. The fourth-order valence-corrected chi connectivity index (χ4v) is 2.11. The predicted molar refractivity (Wildman–Crippen MR) is 75.6 cm³/mol. The number of para-hydroxylation sites is 1. The van der Waals surface area contributed by atoms with E-state index < -0.39 is 5.82 Å². The molecule has 0 radical (unpaired) electrons. The van der Waals surface area contributed by atoms with E-state index in [-0.39, 0.29) is 11.8 Å². The van der Waals surface area contributed by atoms with Crippen LogP contribution in [0, 0.1) is 5.82 Å². The fourth-order valence-electron chi connectivity index (χ4n) is 1.90. The quantitative estimate of drug-likeness (QED) is 0.674. The molecular formula is C15H10ClFN2O. The second kappa shape index (κ2) is 5.43. The van der Waals surface area contributed by atoms with Crippen LogP contribution in [-0.2, 0) is 5.88 Å². The van der Waals surface area contributed by atoms with Crippen molar-refractivity contribution in [1.82, 2.24) is 9.97 Å². The SMILES string of the molecule is Fc1c(CCl)ccnc1Oc1cccc2cccnc12. The van der Waals surface area contributed by atoms with E-state index in [9.17, 15) is 4.39 Å². The number of ether oxygens (including phenoxy) is 1. The number of pyridine rings is 2. The number of alkyl halides is 1. The highest BCUT2D eigenvalue weighted by Crippen LogP contribution is 2.29. The van der Waals surface area contributed by atoms with Gasteiger partial charge in [-0.2, -0.15) is 0 Å². The molecule has 3 rings (SSSR count). The lowest BCUT2D eigenvalue weighted by molar-refractivity contribution is 0.423. The maximum absolute atomic E-state index is 14.1. The fraction of sp³-hybridized carbons (Fsp3) is 0.0667. The Bertz CT molecular complexity index is 758. The zero-order chi connectivity index (χ0) is 13.9. The molecule has 3 nitrogen and oxygen atoms in total. The van der Waals surface area contributed by atoms with E-state index >= 15 is 0 Å². The Balaban J connectivity index is 2.06. The summed E-state index contributed by atoms with van der Waals surface area (Å²) in [6.45, 7) is 0. The summed E-state index contributed by atoms with van der Waals surface area (Å²) in [7, 11) is 0. The van der Waals surface area contributed by atoms with Crippen LogP contribution < -0.4 is 4.74 Å². The largest absolute Gasteiger partial charge is 0.434 e. The standard InChI is InChI=1S/C15H10ClFN2O/c16-9-11-6-8-19-15(13(11)17)20-12-5-1-3-10-4-2-7-18-14(10)12/h1-8H,9H2. The summed E-state index contributed by atoms with van der Waals surface area (Å²) >= 11 is 5.67. The molecule has 2 aromatic heterocycles. The van der Waals surface area contributed by atoms with Gasteiger partial charge >= 0.3 is 0 Å². The molecule has 3 aromatic rings. The van der Waals surface area contributed by atoms with Crippen molar-refractivity contribution in [2.24, 2.45) is 0 Å². The summed E-state index contributed by atoms with van der Waals surface area (Å²) in [6.07, 6.45) is 3.13. The average Bonchev–Trinajstić information content (AvgIpc) is 2.50. The van der Waals surface area contributed by atoms with E-state index in [4.69, 9.17) is 16.3 Å². The van der Waals surface area contributed by atoms with Gasteiger partial charge in [0.1, 0.15) is 5.52 Å². The Morgan fingerprint density at radius 1 is 1.05 bits per heavy atom. The second-order valence-corrected chi connectivity index (χ2v) is 4.42. The maximum Gasteiger partial charge on any atom is 0.256 e. The molecule has 2 heterocycles. The van der Waals surface area contributed by atoms with Gasteiger partial charge < -0.3 is 4.74 Å². The van der Waals surface area contributed by atoms with Gasteiger partial charge in [-0.1, -0.05) is 18.2 Å². The van der Waals surface area contributed by atoms with Crippen LogP contribution in [0.5, 0.6) is 11.6 Å². The highest BCUT2D eigenvalue weighted by atomic mass is 35.5. The number of hydrogen-bond acceptors (Lipinski definition) is 3. The minimum Gasteiger partial charge on any atom is -0.434 e. The van der Waals surface area contributed by atoms with Crippen molar-refractivity contribution in [2.75, 3.05) is 0 Å². The average molecular weight is 289 g/mol. The molecule has 0 fully saturated rings. The van der Waals surface area contributed by atoms with Gasteiger partial charge in [-0.15, -0.1) is 11.6 Å². The van der Waals surface area contributed by atoms with Gasteiger partial charge in [-0.25, -0.2) is 9.37 Å². The molecule has 5 heteroatoms. The van der Waals surface area contributed by atoms with Gasteiger partial charge in [-0.05, 0) is 18.2 Å². The molecule has 0 aliphatic heterocycles. The van der Waals surface area contributed by atoms with E-state index in [2.05, 4.69) is 9.97 Å². The summed E-state index contributed by atoms with van der Waals surface area (Å²) in [5.74, 6) is -0.114. The molecule has 0 saturated carbocycles. The molecule has 0 spiro atoms. The number of aromatic nitrogens is 2. The van der Waals surface area contributed by atoms with E-state index in [1.54, 1.807) is 12.3 Å². The first kappa shape index (κ1) is 12.8. The van der Waals surface area contributed by atoms with Gasteiger partial charge in [0, 0.05) is 23.3 Å². The third-order valence-electron chi connectivity index (χ3n) is 2.88. The monoisotopic (exact) mass is 288 g/mol. The van der Waals surface area contributed by atoms with Gasteiger partial charge in [0.2, 0.25) is 0 Å². The van der Waals surface area contributed by atoms with Crippen molar-refractivity contribution >= 4 is 22.5 Å². The summed E-state index contributed by atoms with van der Waals surface area (Å²) in [5.41, 5.74) is 1.01. The molecule has 0 aliphatic rings. The highest BCUT2D eigenvalue weighted by molar-refractivity contribution is 6.17. The summed E-state index contributed by atoms with van der Waals surface area (Å²) in [6, 6.07) is 10.7. The van der Waals surface area contributed by atoms with Crippen LogP contribution in [-0.4, -0.2) is 9.97 Å². The molecule has 100 valence electrons. The minimum absolute atomic E-state index is 0.0680. The number of benzene rings is 1. The molecule has 20 heavy (non-hydrogen) atoms. The normalized spacial score (nSPS) is 10.7. The van der Waals surface area contributed by atoms with Crippen molar-refractivity contribution in [3.05, 3.63) is 60.2 Å². The van der Waals surface area contributed by atoms with Crippen LogP contribution in [0.3, 0.4) is 0 Å². The zero-order valence-electron chi connectivity index (χ0n) is 10.4. The lowest BCUT2D eigenvalue weighted by Gasteiger charge is -2.09. The van der Waals surface area contributed by atoms with Crippen molar-refractivity contribution in [3.8, 4) is 11.6 Å². The smallest absolute Gasteiger partial charge is 0.256 e. The maximum atomic E-state index is 14.1. The van der Waals surface area contributed by atoms with Crippen molar-refractivity contribution in [1.29, 1.82) is 0 Å². The number of halogens is 2. The Labute approximate surface area is 120 Å². The Morgan fingerprint density at radius 2 is 1.90 bits per heavy atom. The minimum atomic E-state index is -0.546. The van der Waals surface area contributed by atoms with Gasteiger partial charge in [-0.3, -0.25) is 4.98 Å². The third-order valence-corrected chi connectivity index (χ3v) is 3.17. The Hall–Kier alpha value is -2.20. The molecule has 0 N–H and O–H groups in total. The van der Waals surface area contributed by atoms with Crippen molar-refractivity contribution in [2.45, 2.75) is 5.88 Å². The summed E-state index contributed by atoms with van der Waals surface area (Å²) < 4.78 is 19.6. The molecule has 0 amide bonds. The van der Waals surface area contributed by atoms with Gasteiger partial charge in [0.25, 0.3) is 5.88 Å². The van der Waals surface area contributed by atoms with E-state index in [1.165, 1.54) is 12.3 Å². The molecule has 0 aliphatic carbocycles. The first-order valence-corrected chi connectivity index (χ1v) is 6.54. The lowest BCUT2D eigenvalue weighted by Crippen LogP contribution is -1.96. The van der Waals surface area contributed by atoms with Crippen molar-refractivity contribution < 1.29 is 9.13 Å². The first-order valence-electron chi connectivity index (χ1n) is 6.00. The van der Waals surface area contributed by atoms with Crippen LogP contribution in [0.4, 0.5) is 4.39 Å². The summed E-state index contributed by atoms with van der Waals surface area (Å²) in [4.78, 5) is 8.15. The van der Waals surface area contributed by atoms with Crippen LogP contribution in [0.15, 0.2) is 48.8 Å². The van der Waals surface area contributed by atoms with Crippen LogP contribution >= 0.6 is 11.6 Å². The third kappa shape index (κ3) is 2.30. The first-order chi connectivity index (χ1) is 9.79. The van der Waals surface area contributed by atoms with E-state index in [0.29, 0.717) is 16.8 Å². The number of rotatable bonds is 3. The second-order valence-electron chi connectivity index (χ2n) is 4.16. The molecule has 0 unspecified atom stereocenters. The van der Waals surface area contributed by atoms with Crippen LogP contribution in [0.1, 0.15) is 5.56 Å². The van der Waals surface area contributed by atoms with Gasteiger partial charge in [0.05, 0.1) is 5.88 Å². The Morgan fingerprint density at radius 3 is 2.75 bits per heavy atom. The highest BCUT2D eigenvalue weighted by Gasteiger charge is 2.12. The molecular weight excluding hydrogens is 279 g/mol. The van der Waals surface area contributed by atoms with Gasteiger partial charge in [0.15, 0.2) is 11.6 Å². The molecule has 1 aromatic carbocycles. The number of nitrogens with zero attached hydrogens (tertiary/aromatic N) is 2. The summed E-state index contributed by atoms with van der Waals surface area (Å²) in [5, 5.41) is 0.916. The van der Waals surface area contributed by atoms with Crippen molar-refractivity contribution in [3.63, 3.8) is 0 Å². The molecule has 0 bridgehead atoms. The van der Waals surface area contributed by atoms with Crippen LogP contribution in [0.2, 0.25) is 0 Å². The van der Waals surface area contributed by atoms with E-state index in [0.717, 1.165) is 5.39 Å². The van der Waals surface area contributed by atoms with E-state index in [1.807, 2.05) is 24.3 Å². The molecule has 0 saturated heterocycles. The number of fused-ring (bicyclic) bond motifs is 1. The topological polar surface area (TPSA) is 35.0 Å². The Kier molecular flexibility index (Phi) is 3.48. The van der Waals surface area contributed by atoms with Crippen LogP contribution in [0.25, 0.3) is 10.9 Å². The predicted octanol–water partition coefficient (Wildman–Crippen LogP) is 4.30.